The summed E-state index contributed by atoms with van der Waals surface area (Å²) in [7, 11) is 0. The lowest BCUT2D eigenvalue weighted by molar-refractivity contribution is -0.131. The lowest BCUT2D eigenvalue weighted by atomic mass is 9.93. The Bertz CT molecular complexity index is 1280. The summed E-state index contributed by atoms with van der Waals surface area (Å²) in [6.45, 7) is 7.29. The number of hydrogen-bond acceptors (Lipinski definition) is 7. The molecule has 4 heterocycles. The molecule has 2 aliphatic heterocycles. The zero-order valence-electron chi connectivity index (χ0n) is 23.1. The Hall–Kier alpha value is -2.44. The standard InChI is InChI=1S/C29H38F3N7O.ClH/c30-29(31,32)9-10-34-28-35-17-25-26(19-39(27(25)36-28)22-5-7-24(40)8-6-22)21-3-1-20(2-4-21)18-37-11-13-38(14-12-37)23-15-33-16-23;/h1-4,17,19,22-24,33,40H,5-16,18H2,(H,34,35,36);1H. The summed E-state index contributed by atoms with van der Waals surface area (Å²) in [6, 6.07) is 9.54. The molecule has 3 aromatic rings. The molecule has 0 radical (unpaired) electrons. The van der Waals surface area contributed by atoms with Crippen LogP contribution in [0.25, 0.3) is 22.2 Å². The van der Waals surface area contributed by atoms with Gasteiger partial charge in [0, 0.05) is 87.8 Å². The Morgan fingerprint density at radius 1 is 0.976 bits per heavy atom. The third kappa shape index (κ3) is 7.14. The summed E-state index contributed by atoms with van der Waals surface area (Å²) in [5.74, 6) is 0.197. The van der Waals surface area contributed by atoms with Crippen LogP contribution in [0, 0.1) is 0 Å². The van der Waals surface area contributed by atoms with Gasteiger partial charge in [-0.1, -0.05) is 24.3 Å². The molecule has 12 heteroatoms. The van der Waals surface area contributed by atoms with E-state index in [1.807, 2.05) is 0 Å². The van der Waals surface area contributed by atoms with Gasteiger partial charge in [0.15, 0.2) is 0 Å². The second-order valence-corrected chi connectivity index (χ2v) is 11.5. The first kappa shape index (κ1) is 30.0. The van der Waals surface area contributed by atoms with Crippen molar-refractivity contribution in [2.24, 2.45) is 0 Å². The molecule has 2 saturated heterocycles. The molecule has 3 aliphatic rings. The van der Waals surface area contributed by atoms with E-state index in [0.717, 1.165) is 88.0 Å². The molecule has 3 N–H and O–H groups in total. The zero-order chi connectivity index (χ0) is 27.7. The lowest BCUT2D eigenvalue weighted by Gasteiger charge is -2.43. The fourth-order valence-corrected chi connectivity index (χ4v) is 6.14. The molecular formula is C29H39ClF3N7O. The van der Waals surface area contributed by atoms with Crippen molar-refractivity contribution in [3.05, 3.63) is 42.2 Å². The molecule has 2 aromatic heterocycles. The smallest absolute Gasteiger partial charge is 0.390 e. The molecule has 0 atom stereocenters. The van der Waals surface area contributed by atoms with Crippen molar-refractivity contribution >= 4 is 29.4 Å². The van der Waals surface area contributed by atoms with Crippen LogP contribution in [0.2, 0.25) is 0 Å². The highest BCUT2D eigenvalue weighted by Gasteiger charge is 2.29. The maximum absolute atomic E-state index is 12.6. The first-order valence-electron chi connectivity index (χ1n) is 14.4. The van der Waals surface area contributed by atoms with E-state index in [-0.39, 0.29) is 37.0 Å². The summed E-state index contributed by atoms with van der Waals surface area (Å²) in [4.78, 5) is 14.1. The molecule has 0 spiro atoms. The van der Waals surface area contributed by atoms with Crippen molar-refractivity contribution in [3.8, 4) is 11.1 Å². The average molecular weight is 594 g/mol. The minimum absolute atomic E-state index is 0. The number of nitrogens with one attached hydrogen (secondary N) is 2. The normalized spacial score (nSPS) is 22.8. The number of benzene rings is 1. The molecule has 0 bridgehead atoms. The van der Waals surface area contributed by atoms with Crippen molar-refractivity contribution in [1.29, 1.82) is 0 Å². The van der Waals surface area contributed by atoms with Crippen molar-refractivity contribution in [2.45, 2.75) is 63.0 Å². The number of aromatic nitrogens is 3. The van der Waals surface area contributed by atoms with Gasteiger partial charge in [0.05, 0.1) is 12.5 Å². The Labute approximate surface area is 244 Å². The Morgan fingerprint density at radius 3 is 2.32 bits per heavy atom. The van der Waals surface area contributed by atoms with Crippen LogP contribution in [0.15, 0.2) is 36.7 Å². The zero-order valence-corrected chi connectivity index (χ0v) is 23.9. The first-order chi connectivity index (χ1) is 19.3. The highest BCUT2D eigenvalue weighted by molar-refractivity contribution is 5.94. The number of aliphatic hydroxyl groups excluding tert-OH is 1. The van der Waals surface area contributed by atoms with Gasteiger partial charge in [0.1, 0.15) is 5.65 Å². The predicted molar refractivity (Wildman–Crippen MR) is 156 cm³/mol. The number of piperazine rings is 1. The quantitative estimate of drug-likeness (QED) is 0.356. The molecule has 6 rings (SSSR count). The number of aliphatic hydroxyl groups is 1. The fourth-order valence-electron chi connectivity index (χ4n) is 6.14. The van der Waals surface area contributed by atoms with Crippen molar-refractivity contribution in [1.82, 2.24) is 29.7 Å². The van der Waals surface area contributed by atoms with Crippen LogP contribution >= 0.6 is 12.4 Å². The largest absolute Gasteiger partial charge is 0.393 e. The topological polar surface area (TPSA) is 81.5 Å². The lowest BCUT2D eigenvalue weighted by Crippen LogP contribution is -2.61. The van der Waals surface area contributed by atoms with E-state index in [4.69, 9.17) is 0 Å². The number of fused-ring (bicyclic) bond motifs is 1. The van der Waals surface area contributed by atoms with Crippen molar-refractivity contribution < 1.29 is 18.3 Å². The number of alkyl halides is 3. The summed E-state index contributed by atoms with van der Waals surface area (Å²) in [6.07, 6.45) is 1.46. The van der Waals surface area contributed by atoms with E-state index in [1.54, 1.807) is 6.20 Å². The van der Waals surface area contributed by atoms with E-state index in [2.05, 4.69) is 65.4 Å². The molecule has 3 fully saturated rings. The second kappa shape index (κ2) is 12.8. The van der Waals surface area contributed by atoms with Crippen LogP contribution in [0.1, 0.15) is 43.7 Å². The first-order valence-corrected chi connectivity index (χ1v) is 14.4. The fraction of sp³-hybridized carbons (Fsp3) is 0.586. The van der Waals surface area contributed by atoms with Crippen LogP contribution < -0.4 is 10.6 Å². The van der Waals surface area contributed by atoms with Gasteiger partial charge in [-0.15, -0.1) is 12.4 Å². The van der Waals surface area contributed by atoms with E-state index in [9.17, 15) is 18.3 Å². The summed E-state index contributed by atoms with van der Waals surface area (Å²) in [5, 5.41) is 17.0. The Balaban J connectivity index is 0.00000337. The van der Waals surface area contributed by atoms with Gasteiger partial charge in [0.2, 0.25) is 5.95 Å². The molecule has 1 aliphatic carbocycles. The predicted octanol–water partition coefficient (Wildman–Crippen LogP) is 4.45. The summed E-state index contributed by atoms with van der Waals surface area (Å²) >= 11 is 0. The SMILES string of the molecule is Cl.OC1CCC(n2cc(-c3ccc(CN4CCN(C5CNC5)CC4)cc3)c3cnc(NCCC(F)(F)F)nc32)CC1. The van der Waals surface area contributed by atoms with E-state index in [0.29, 0.717) is 11.7 Å². The Morgan fingerprint density at radius 2 is 1.68 bits per heavy atom. The van der Waals surface area contributed by atoms with Crippen molar-refractivity contribution in [3.63, 3.8) is 0 Å². The Kier molecular flexibility index (Phi) is 9.40. The highest BCUT2D eigenvalue weighted by atomic mass is 35.5. The highest BCUT2D eigenvalue weighted by Crippen LogP contribution is 2.37. The van der Waals surface area contributed by atoms with Crippen molar-refractivity contribution in [2.75, 3.05) is 51.1 Å². The van der Waals surface area contributed by atoms with Gasteiger partial charge in [-0.2, -0.15) is 18.2 Å². The van der Waals surface area contributed by atoms with Gasteiger partial charge in [0.25, 0.3) is 0 Å². The van der Waals surface area contributed by atoms with Crippen LogP contribution in [0.5, 0.6) is 0 Å². The monoisotopic (exact) mass is 593 g/mol. The van der Waals surface area contributed by atoms with Crippen LogP contribution in [0.3, 0.4) is 0 Å². The third-order valence-electron chi connectivity index (χ3n) is 8.68. The molecule has 1 aromatic carbocycles. The molecule has 8 nitrogen and oxygen atoms in total. The molecule has 0 unspecified atom stereocenters. The summed E-state index contributed by atoms with van der Waals surface area (Å²) in [5.41, 5.74) is 4.06. The molecule has 41 heavy (non-hydrogen) atoms. The maximum Gasteiger partial charge on any atom is 0.390 e. The van der Waals surface area contributed by atoms with E-state index < -0.39 is 12.6 Å². The molecular weight excluding hydrogens is 555 g/mol. The summed E-state index contributed by atoms with van der Waals surface area (Å²) < 4.78 is 40.1. The molecule has 1 saturated carbocycles. The number of halogens is 4. The van der Waals surface area contributed by atoms with Gasteiger partial charge in [-0.25, -0.2) is 4.98 Å². The number of rotatable bonds is 8. The minimum atomic E-state index is -4.23. The third-order valence-corrected chi connectivity index (χ3v) is 8.68. The van der Waals surface area contributed by atoms with Crippen LogP contribution in [-0.2, 0) is 6.54 Å². The minimum Gasteiger partial charge on any atom is -0.393 e. The maximum atomic E-state index is 12.6. The van der Waals surface area contributed by atoms with E-state index >= 15 is 0 Å². The van der Waals surface area contributed by atoms with E-state index in [1.165, 1.54) is 5.56 Å². The number of nitrogens with zero attached hydrogens (tertiary/aromatic N) is 5. The molecule has 0 amide bonds. The molecule has 224 valence electrons. The van der Waals surface area contributed by atoms with Gasteiger partial charge >= 0.3 is 6.18 Å². The van der Waals surface area contributed by atoms with Gasteiger partial charge in [-0.05, 0) is 36.8 Å². The van der Waals surface area contributed by atoms with Gasteiger partial charge < -0.3 is 20.3 Å². The average Bonchev–Trinajstić information content (AvgIpc) is 3.28. The number of anilines is 1. The van der Waals surface area contributed by atoms with Gasteiger partial charge in [-0.3, -0.25) is 9.80 Å². The second-order valence-electron chi connectivity index (χ2n) is 11.5. The van der Waals surface area contributed by atoms with Crippen LogP contribution in [-0.4, -0.2) is 93.6 Å². The van der Waals surface area contributed by atoms with Crippen LogP contribution in [0.4, 0.5) is 19.1 Å². The number of hydrogen-bond donors (Lipinski definition) is 3.